The van der Waals surface area contributed by atoms with E-state index in [0.29, 0.717) is 19.3 Å². The fourth-order valence-corrected chi connectivity index (χ4v) is 2.05. The maximum atomic E-state index is 12.0. The quantitative estimate of drug-likeness (QED) is 0.701. The summed E-state index contributed by atoms with van der Waals surface area (Å²) in [5.41, 5.74) is 5.53. The zero-order chi connectivity index (χ0) is 15.2. The molecule has 110 valence electrons. The molecular weight excluding hydrogens is 256 g/mol. The topological polar surface area (TPSA) is 92.4 Å². The molecule has 20 heavy (non-hydrogen) atoms. The molecular formula is C15H22N2O3. The Balaban J connectivity index is 2.67. The smallest absolute Gasteiger partial charge is 0.329 e. The average molecular weight is 278 g/mol. The first-order valence-corrected chi connectivity index (χ1v) is 6.74. The minimum atomic E-state index is -1.26. The third kappa shape index (κ3) is 4.35. The average Bonchev–Trinajstić information content (AvgIpc) is 2.39. The van der Waals surface area contributed by atoms with Crippen molar-refractivity contribution in [2.24, 2.45) is 5.73 Å². The number of aliphatic carboxylic acids is 1. The van der Waals surface area contributed by atoms with Gasteiger partial charge in [0.25, 0.3) is 0 Å². The Morgan fingerprint density at radius 3 is 2.45 bits per heavy atom. The van der Waals surface area contributed by atoms with Crippen molar-refractivity contribution in [2.75, 3.05) is 0 Å². The maximum absolute atomic E-state index is 12.0. The summed E-state index contributed by atoms with van der Waals surface area (Å²) in [6.07, 6.45) is 1.41. The van der Waals surface area contributed by atoms with Crippen LogP contribution in [-0.2, 0) is 16.0 Å². The van der Waals surface area contributed by atoms with E-state index in [1.165, 1.54) is 6.92 Å². The molecule has 1 rings (SSSR count). The molecule has 0 aromatic heterocycles. The lowest BCUT2D eigenvalue weighted by molar-refractivity contribution is -0.147. The van der Waals surface area contributed by atoms with Crippen LogP contribution in [0.1, 0.15) is 32.3 Å². The molecule has 1 aromatic carbocycles. The summed E-state index contributed by atoms with van der Waals surface area (Å²) >= 11 is 0. The van der Waals surface area contributed by atoms with Gasteiger partial charge in [0.15, 0.2) is 0 Å². The van der Waals surface area contributed by atoms with Gasteiger partial charge in [-0.3, -0.25) is 4.79 Å². The lowest BCUT2D eigenvalue weighted by Gasteiger charge is -2.27. The van der Waals surface area contributed by atoms with Crippen LogP contribution < -0.4 is 11.1 Å². The predicted molar refractivity (Wildman–Crippen MR) is 77.2 cm³/mol. The molecule has 0 spiro atoms. The van der Waals surface area contributed by atoms with Crippen LogP contribution in [0.15, 0.2) is 30.3 Å². The molecule has 1 amide bonds. The van der Waals surface area contributed by atoms with Crippen LogP contribution in [0.3, 0.4) is 0 Å². The Hall–Kier alpha value is -1.88. The molecule has 1 aromatic rings. The summed E-state index contributed by atoms with van der Waals surface area (Å²) in [5, 5.41) is 11.8. The zero-order valence-corrected chi connectivity index (χ0v) is 11.9. The van der Waals surface area contributed by atoms with Gasteiger partial charge in [-0.05, 0) is 25.3 Å². The van der Waals surface area contributed by atoms with Crippen molar-refractivity contribution in [1.29, 1.82) is 0 Å². The molecule has 2 unspecified atom stereocenters. The van der Waals surface area contributed by atoms with Gasteiger partial charge in [0, 0.05) is 0 Å². The van der Waals surface area contributed by atoms with E-state index in [9.17, 15) is 14.7 Å². The molecule has 5 heteroatoms. The minimum Gasteiger partial charge on any atom is -0.480 e. The molecule has 0 aliphatic rings. The maximum Gasteiger partial charge on any atom is 0.329 e. The highest BCUT2D eigenvalue weighted by molar-refractivity contribution is 5.89. The Morgan fingerprint density at radius 2 is 1.95 bits per heavy atom. The summed E-state index contributed by atoms with van der Waals surface area (Å²) in [6.45, 7) is 3.38. The molecule has 0 aliphatic heterocycles. The van der Waals surface area contributed by atoms with E-state index in [0.717, 1.165) is 5.56 Å². The van der Waals surface area contributed by atoms with Crippen molar-refractivity contribution < 1.29 is 14.7 Å². The first-order valence-electron chi connectivity index (χ1n) is 6.74. The monoisotopic (exact) mass is 278 g/mol. The van der Waals surface area contributed by atoms with E-state index in [1.807, 2.05) is 37.3 Å². The summed E-state index contributed by atoms with van der Waals surface area (Å²) in [6, 6.07) is 8.65. The molecule has 0 fully saturated rings. The van der Waals surface area contributed by atoms with Gasteiger partial charge in [0.2, 0.25) is 5.91 Å². The zero-order valence-electron chi connectivity index (χ0n) is 11.9. The number of carbonyl (C=O) groups excluding carboxylic acids is 1. The molecule has 0 saturated carbocycles. The van der Waals surface area contributed by atoms with Crippen LogP contribution in [-0.4, -0.2) is 28.6 Å². The van der Waals surface area contributed by atoms with E-state index in [1.54, 1.807) is 0 Å². The van der Waals surface area contributed by atoms with Crippen LogP contribution in [0.4, 0.5) is 0 Å². The summed E-state index contributed by atoms with van der Waals surface area (Å²) in [4.78, 5) is 23.3. The number of benzene rings is 1. The van der Waals surface area contributed by atoms with E-state index >= 15 is 0 Å². The van der Waals surface area contributed by atoms with E-state index in [2.05, 4.69) is 5.32 Å². The van der Waals surface area contributed by atoms with Crippen molar-refractivity contribution >= 4 is 11.9 Å². The molecule has 0 saturated heterocycles. The Morgan fingerprint density at radius 1 is 1.35 bits per heavy atom. The molecule has 0 bridgehead atoms. The fourth-order valence-electron chi connectivity index (χ4n) is 2.05. The number of rotatable bonds is 7. The van der Waals surface area contributed by atoms with Gasteiger partial charge in [-0.2, -0.15) is 0 Å². The number of carbonyl (C=O) groups is 2. The lowest BCUT2D eigenvalue weighted by Crippen LogP contribution is -2.56. The number of hydrogen-bond acceptors (Lipinski definition) is 3. The SMILES string of the molecule is CCCC(C)(NC(=O)C(N)Cc1ccccc1)C(=O)O. The molecule has 0 radical (unpaired) electrons. The highest BCUT2D eigenvalue weighted by Crippen LogP contribution is 2.13. The van der Waals surface area contributed by atoms with Crippen molar-refractivity contribution in [3.05, 3.63) is 35.9 Å². The molecule has 4 N–H and O–H groups in total. The molecule has 0 heterocycles. The van der Waals surface area contributed by atoms with Gasteiger partial charge in [-0.25, -0.2) is 4.79 Å². The van der Waals surface area contributed by atoms with Crippen molar-refractivity contribution in [1.82, 2.24) is 5.32 Å². The number of carboxylic acid groups (broad SMARTS) is 1. The number of amides is 1. The van der Waals surface area contributed by atoms with E-state index in [-0.39, 0.29) is 0 Å². The van der Waals surface area contributed by atoms with Gasteiger partial charge in [-0.15, -0.1) is 0 Å². The van der Waals surface area contributed by atoms with Crippen molar-refractivity contribution in [2.45, 2.75) is 44.7 Å². The lowest BCUT2D eigenvalue weighted by atomic mass is 9.95. The number of carboxylic acids is 1. The standard InChI is InChI=1S/C15H22N2O3/c1-3-9-15(2,14(19)20)17-13(18)12(16)10-11-7-5-4-6-8-11/h4-8,12H,3,9-10,16H2,1-2H3,(H,17,18)(H,19,20). The number of nitrogens with one attached hydrogen (secondary N) is 1. The fraction of sp³-hybridized carbons (Fsp3) is 0.467. The van der Waals surface area contributed by atoms with Gasteiger partial charge in [0.05, 0.1) is 6.04 Å². The van der Waals surface area contributed by atoms with Crippen LogP contribution >= 0.6 is 0 Å². The number of nitrogens with two attached hydrogens (primary N) is 1. The van der Waals surface area contributed by atoms with Crippen molar-refractivity contribution in [3.8, 4) is 0 Å². The molecule has 5 nitrogen and oxygen atoms in total. The van der Waals surface area contributed by atoms with E-state index in [4.69, 9.17) is 5.73 Å². The van der Waals surface area contributed by atoms with Gasteiger partial charge < -0.3 is 16.2 Å². The van der Waals surface area contributed by atoms with Gasteiger partial charge in [0.1, 0.15) is 5.54 Å². The summed E-state index contributed by atoms with van der Waals surface area (Å²) < 4.78 is 0. The van der Waals surface area contributed by atoms with Crippen LogP contribution in [0, 0.1) is 0 Å². The predicted octanol–water partition coefficient (Wildman–Crippen LogP) is 1.32. The highest BCUT2D eigenvalue weighted by atomic mass is 16.4. The van der Waals surface area contributed by atoms with Crippen LogP contribution in [0.5, 0.6) is 0 Å². The summed E-state index contributed by atoms with van der Waals surface area (Å²) in [5.74, 6) is -1.48. The van der Waals surface area contributed by atoms with Crippen molar-refractivity contribution in [3.63, 3.8) is 0 Å². The largest absolute Gasteiger partial charge is 0.480 e. The Kier molecular flexibility index (Phi) is 5.70. The van der Waals surface area contributed by atoms with E-state index < -0.39 is 23.5 Å². The third-order valence-electron chi connectivity index (χ3n) is 3.26. The van der Waals surface area contributed by atoms with Gasteiger partial charge >= 0.3 is 5.97 Å². The molecule has 2 atom stereocenters. The Bertz CT molecular complexity index is 461. The second-order valence-electron chi connectivity index (χ2n) is 5.17. The first-order chi connectivity index (χ1) is 9.39. The first kappa shape index (κ1) is 16.2. The second-order valence-corrected chi connectivity index (χ2v) is 5.17. The number of hydrogen-bond donors (Lipinski definition) is 3. The second kappa shape index (κ2) is 7.05. The Labute approximate surface area is 119 Å². The summed E-state index contributed by atoms with van der Waals surface area (Å²) in [7, 11) is 0. The molecule has 0 aliphatic carbocycles. The van der Waals surface area contributed by atoms with Gasteiger partial charge in [-0.1, -0.05) is 43.7 Å². The third-order valence-corrected chi connectivity index (χ3v) is 3.26. The minimum absolute atomic E-state index is 0.367. The normalized spacial score (nSPS) is 15.2. The van der Waals surface area contributed by atoms with Crippen LogP contribution in [0.25, 0.3) is 0 Å². The van der Waals surface area contributed by atoms with Crippen LogP contribution in [0.2, 0.25) is 0 Å². The highest BCUT2D eigenvalue weighted by Gasteiger charge is 2.35.